The second-order valence-corrected chi connectivity index (χ2v) is 6.65. The number of aromatic nitrogens is 1. The summed E-state index contributed by atoms with van der Waals surface area (Å²) in [5.74, 6) is -0.0117. The van der Waals surface area contributed by atoms with Crippen LogP contribution in [0.1, 0.15) is 11.1 Å². The highest BCUT2D eigenvalue weighted by atomic mass is 79.9. The first-order chi connectivity index (χ1) is 11.6. The first-order valence-electron chi connectivity index (χ1n) is 7.95. The Balaban J connectivity index is 1.47. The number of hydrogen-bond acceptors (Lipinski definition) is 2. The van der Waals surface area contributed by atoms with Gasteiger partial charge >= 0.3 is 0 Å². The molecule has 4 nitrogen and oxygen atoms in total. The molecule has 0 radical (unpaired) electrons. The molecule has 3 rings (SSSR count). The van der Waals surface area contributed by atoms with Crippen molar-refractivity contribution in [3.05, 3.63) is 64.3 Å². The van der Waals surface area contributed by atoms with Crippen LogP contribution in [0.3, 0.4) is 0 Å². The smallest absolute Gasteiger partial charge is 0.239 e. The summed E-state index contributed by atoms with van der Waals surface area (Å²) in [6, 6.07) is 14.2. The number of amides is 1. The monoisotopic (exact) mass is 385 g/mol. The fraction of sp³-hybridized carbons (Fsp3) is 0.211. The van der Waals surface area contributed by atoms with Gasteiger partial charge in [-0.3, -0.25) is 4.79 Å². The molecule has 5 heteroatoms. The molecular weight excluding hydrogens is 366 g/mol. The van der Waals surface area contributed by atoms with Gasteiger partial charge in [-0.15, -0.1) is 0 Å². The second kappa shape index (κ2) is 7.53. The molecule has 0 fully saturated rings. The van der Waals surface area contributed by atoms with Crippen molar-refractivity contribution in [2.24, 2.45) is 0 Å². The summed E-state index contributed by atoms with van der Waals surface area (Å²) in [6.07, 6.45) is 2.82. The van der Waals surface area contributed by atoms with E-state index in [9.17, 15) is 4.79 Å². The number of carbonyl (C=O) groups excluding carboxylic acids is 1. The number of nitrogens with one attached hydrogen (secondary N) is 3. The number of halogens is 1. The van der Waals surface area contributed by atoms with Crippen LogP contribution in [0, 0.1) is 6.92 Å². The fourth-order valence-corrected chi connectivity index (χ4v) is 3.31. The molecule has 1 aromatic heterocycles. The van der Waals surface area contributed by atoms with Crippen LogP contribution in [0.15, 0.2) is 53.1 Å². The minimum absolute atomic E-state index is 0.0117. The minimum Gasteiger partial charge on any atom is -0.375 e. The van der Waals surface area contributed by atoms with Crippen molar-refractivity contribution in [2.45, 2.75) is 13.3 Å². The van der Waals surface area contributed by atoms with Gasteiger partial charge in [-0.2, -0.15) is 0 Å². The Morgan fingerprint density at radius 2 is 2.04 bits per heavy atom. The minimum atomic E-state index is -0.0117. The summed E-state index contributed by atoms with van der Waals surface area (Å²) in [5.41, 5.74) is 4.45. The van der Waals surface area contributed by atoms with E-state index in [4.69, 9.17) is 0 Å². The van der Waals surface area contributed by atoms with Crippen LogP contribution < -0.4 is 10.6 Å². The van der Waals surface area contributed by atoms with E-state index in [0.29, 0.717) is 6.54 Å². The predicted molar refractivity (Wildman–Crippen MR) is 102 cm³/mol. The molecule has 0 saturated heterocycles. The van der Waals surface area contributed by atoms with E-state index in [1.54, 1.807) is 0 Å². The zero-order chi connectivity index (χ0) is 16.9. The number of fused-ring (bicyclic) bond motifs is 1. The van der Waals surface area contributed by atoms with Crippen LogP contribution in [0.25, 0.3) is 10.9 Å². The Labute approximate surface area is 149 Å². The van der Waals surface area contributed by atoms with Gasteiger partial charge in [0.1, 0.15) is 0 Å². The largest absolute Gasteiger partial charge is 0.375 e. The van der Waals surface area contributed by atoms with Crippen molar-refractivity contribution in [3.8, 4) is 0 Å². The maximum Gasteiger partial charge on any atom is 0.239 e. The van der Waals surface area contributed by atoms with Crippen LogP contribution in [-0.2, 0) is 11.2 Å². The van der Waals surface area contributed by atoms with E-state index in [0.717, 1.165) is 22.1 Å². The normalized spacial score (nSPS) is 10.8. The molecule has 0 atom stereocenters. The Kier molecular flexibility index (Phi) is 5.20. The van der Waals surface area contributed by atoms with E-state index in [2.05, 4.69) is 43.7 Å². The van der Waals surface area contributed by atoms with Crippen LogP contribution in [0.4, 0.5) is 5.69 Å². The predicted octanol–water partition coefficient (Wildman–Crippen LogP) is 4.01. The average Bonchev–Trinajstić information content (AvgIpc) is 2.97. The van der Waals surface area contributed by atoms with Crippen molar-refractivity contribution >= 4 is 38.4 Å². The highest BCUT2D eigenvalue weighted by Crippen LogP contribution is 2.23. The lowest BCUT2D eigenvalue weighted by molar-refractivity contribution is -0.119. The van der Waals surface area contributed by atoms with Crippen molar-refractivity contribution in [1.82, 2.24) is 10.3 Å². The van der Waals surface area contributed by atoms with Gasteiger partial charge in [-0.25, -0.2) is 0 Å². The molecular formula is C19H20BrN3O. The van der Waals surface area contributed by atoms with Crippen LogP contribution in [-0.4, -0.2) is 24.0 Å². The van der Waals surface area contributed by atoms with E-state index in [-0.39, 0.29) is 12.5 Å². The number of aryl methyl sites for hydroxylation is 1. The average molecular weight is 386 g/mol. The third-order valence-electron chi connectivity index (χ3n) is 3.96. The molecule has 1 amide bonds. The zero-order valence-electron chi connectivity index (χ0n) is 13.5. The Morgan fingerprint density at radius 3 is 2.88 bits per heavy atom. The Hall–Kier alpha value is -2.27. The van der Waals surface area contributed by atoms with Gasteiger partial charge in [-0.1, -0.05) is 24.3 Å². The van der Waals surface area contributed by atoms with Crippen LogP contribution in [0.5, 0.6) is 0 Å². The number of anilines is 1. The maximum absolute atomic E-state index is 12.0. The summed E-state index contributed by atoms with van der Waals surface area (Å²) in [5, 5.41) is 7.32. The molecule has 3 aromatic rings. The molecule has 3 N–H and O–H groups in total. The molecule has 124 valence electrons. The number of aromatic amines is 1. The van der Waals surface area contributed by atoms with E-state index >= 15 is 0 Å². The number of hydrogen-bond donors (Lipinski definition) is 3. The second-order valence-electron chi connectivity index (χ2n) is 5.80. The van der Waals surface area contributed by atoms with Crippen molar-refractivity contribution in [3.63, 3.8) is 0 Å². The van der Waals surface area contributed by atoms with Gasteiger partial charge in [0.25, 0.3) is 0 Å². The van der Waals surface area contributed by atoms with Crippen molar-refractivity contribution < 1.29 is 4.79 Å². The first kappa shape index (κ1) is 16.6. The summed E-state index contributed by atoms with van der Waals surface area (Å²) in [6.45, 7) is 2.92. The maximum atomic E-state index is 12.0. The van der Waals surface area contributed by atoms with Gasteiger partial charge in [0.15, 0.2) is 0 Å². The lowest BCUT2D eigenvalue weighted by atomic mass is 10.1. The Morgan fingerprint density at radius 1 is 1.21 bits per heavy atom. The lowest BCUT2D eigenvalue weighted by Gasteiger charge is -2.10. The molecule has 2 aromatic carbocycles. The van der Waals surface area contributed by atoms with Gasteiger partial charge in [0, 0.05) is 33.8 Å². The first-order valence-corrected chi connectivity index (χ1v) is 8.74. The molecule has 0 spiro atoms. The molecule has 0 saturated carbocycles. The molecule has 0 aliphatic carbocycles. The zero-order valence-corrected chi connectivity index (χ0v) is 15.1. The third kappa shape index (κ3) is 3.97. The number of para-hydroxylation sites is 1. The van der Waals surface area contributed by atoms with E-state index in [1.807, 2.05) is 43.5 Å². The summed E-state index contributed by atoms with van der Waals surface area (Å²) in [4.78, 5) is 15.2. The van der Waals surface area contributed by atoms with Gasteiger partial charge < -0.3 is 15.6 Å². The van der Waals surface area contributed by atoms with Crippen molar-refractivity contribution in [2.75, 3.05) is 18.4 Å². The van der Waals surface area contributed by atoms with Crippen LogP contribution in [0.2, 0.25) is 0 Å². The SMILES string of the molecule is Cc1ccc(NCC(=O)NCCc2c[nH]c3ccccc23)c(Br)c1. The highest BCUT2D eigenvalue weighted by molar-refractivity contribution is 9.10. The summed E-state index contributed by atoms with van der Waals surface area (Å²) >= 11 is 3.50. The number of H-pyrrole nitrogens is 1. The number of benzene rings is 2. The van der Waals surface area contributed by atoms with Crippen molar-refractivity contribution in [1.29, 1.82) is 0 Å². The topological polar surface area (TPSA) is 56.9 Å². The Bertz CT molecular complexity index is 857. The number of carbonyl (C=O) groups is 1. The molecule has 0 aliphatic rings. The fourth-order valence-electron chi connectivity index (χ4n) is 2.68. The highest BCUT2D eigenvalue weighted by Gasteiger charge is 2.06. The molecule has 0 bridgehead atoms. The lowest BCUT2D eigenvalue weighted by Crippen LogP contribution is -2.31. The summed E-state index contributed by atoms with van der Waals surface area (Å²) in [7, 11) is 0. The molecule has 1 heterocycles. The van der Waals surface area contributed by atoms with Gasteiger partial charge in [-0.05, 0) is 58.6 Å². The molecule has 0 unspecified atom stereocenters. The standard InChI is InChI=1S/C19H20BrN3O/c1-13-6-7-18(16(20)10-13)23-12-19(24)21-9-8-14-11-22-17-5-3-2-4-15(14)17/h2-7,10-11,22-23H,8-9,12H2,1H3,(H,21,24). The third-order valence-corrected chi connectivity index (χ3v) is 4.61. The quantitative estimate of drug-likeness (QED) is 0.600. The van der Waals surface area contributed by atoms with Gasteiger partial charge in [0.05, 0.1) is 6.54 Å². The number of rotatable bonds is 6. The van der Waals surface area contributed by atoms with E-state index < -0.39 is 0 Å². The molecule has 0 aliphatic heterocycles. The van der Waals surface area contributed by atoms with E-state index in [1.165, 1.54) is 16.5 Å². The summed E-state index contributed by atoms with van der Waals surface area (Å²) < 4.78 is 0.967. The van der Waals surface area contributed by atoms with Gasteiger partial charge in [0.2, 0.25) is 5.91 Å². The van der Waals surface area contributed by atoms with Crippen LogP contribution >= 0.6 is 15.9 Å². The molecule has 24 heavy (non-hydrogen) atoms.